The van der Waals surface area contributed by atoms with E-state index < -0.39 is 0 Å². The number of ether oxygens (including phenoxy) is 2. The van der Waals surface area contributed by atoms with Gasteiger partial charge in [-0.2, -0.15) is 0 Å². The van der Waals surface area contributed by atoms with Crippen molar-refractivity contribution in [2.75, 3.05) is 14.2 Å². The minimum atomic E-state index is 0.956. The minimum Gasteiger partial charge on any atom is -0.496 e. The van der Waals surface area contributed by atoms with Crippen LogP contribution in [0.1, 0.15) is 65.5 Å². The molecule has 0 fully saturated rings. The van der Waals surface area contributed by atoms with E-state index >= 15 is 0 Å². The summed E-state index contributed by atoms with van der Waals surface area (Å²) in [5.74, 6) is 1.91. The van der Waals surface area contributed by atoms with Crippen LogP contribution in [0.2, 0.25) is 0 Å². The number of para-hydroxylation sites is 2. The highest BCUT2D eigenvalue weighted by Gasteiger charge is 1.91. The second-order valence-electron chi connectivity index (χ2n) is 5.35. The fourth-order valence-electron chi connectivity index (χ4n) is 1.57. The standard InChI is InChI=1S/2C8H10O.2C3H8.C2H6/c2*1-7-5-3-4-6-8(7)9-2;2*1-3-2;1-2/h2*3-6H,1-2H3;2*3H2,1-2H3;1-2H3. The van der Waals surface area contributed by atoms with Crippen molar-refractivity contribution in [2.24, 2.45) is 0 Å². The van der Waals surface area contributed by atoms with Gasteiger partial charge >= 0.3 is 0 Å². The van der Waals surface area contributed by atoms with Crippen molar-refractivity contribution in [3.63, 3.8) is 0 Å². The van der Waals surface area contributed by atoms with Gasteiger partial charge < -0.3 is 9.47 Å². The zero-order valence-corrected chi connectivity index (χ0v) is 18.8. The molecule has 0 unspecified atom stereocenters. The summed E-state index contributed by atoms with van der Waals surface area (Å²) in [6.45, 7) is 16.6. The van der Waals surface area contributed by atoms with Crippen LogP contribution in [-0.4, -0.2) is 14.2 Å². The van der Waals surface area contributed by atoms with E-state index in [2.05, 4.69) is 27.7 Å². The lowest BCUT2D eigenvalue weighted by Crippen LogP contribution is -1.84. The Labute approximate surface area is 163 Å². The fraction of sp³-hybridized carbons (Fsp3) is 0.500. The van der Waals surface area contributed by atoms with Crippen LogP contribution >= 0.6 is 0 Å². The van der Waals surface area contributed by atoms with Crippen LogP contribution in [0.4, 0.5) is 0 Å². The average molecular weight is 363 g/mol. The zero-order valence-electron chi connectivity index (χ0n) is 18.8. The van der Waals surface area contributed by atoms with E-state index in [0.29, 0.717) is 0 Å². The lowest BCUT2D eigenvalue weighted by atomic mass is 10.2. The van der Waals surface area contributed by atoms with Gasteiger partial charge in [-0.05, 0) is 37.1 Å². The Kier molecular flexibility index (Phi) is 25.5. The summed E-state index contributed by atoms with van der Waals surface area (Å²) < 4.78 is 10.1. The van der Waals surface area contributed by atoms with Crippen LogP contribution < -0.4 is 9.47 Å². The van der Waals surface area contributed by atoms with Crippen LogP contribution in [0.25, 0.3) is 0 Å². The summed E-state index contributed by atoms with van der Waals surface area (Å²) in [5.41, 5.74) is 2.36. The van der Waals surface area contributed by atoms with Crippen molar-refractivity contribution < 1.29 is 9.47 Å². The number of aryl methyl sites for hydroxylation is 2. The molecule has 26 heavy (non-hydrogen) atoms. The largest absolute Gasteiger partial charge is 0.496 e. The molecule has 2 heteroatoms. The maximum absolute atomic E-state index is 5.04. The topological polar surface area (TPSA) is 18.5 Å². The smallest absolute Gasteiger partial charge is 0.121 e. The quantitative estimate of drug-likeness (QED) is 0.541. The summed E-state index contributed by atoms with van der Waals surface area (Å²) in [4.78, 5) is 0. The normalized spacial score (nSPS) is 7.92. The molecule has 2 nitrogen and oxygen atoms in total. The first-order chi connectivity index (χ1) is 12.5. The van der Waals surface area contributed by atoms with Gasteiger partial charge in [0, 0.05) is 0 Å². The van der Waals surface area contributed by atoms with E-state index in [1.807, 2.05) is 76.2 Å². The Morgan fingerprint density at radius 3 is 0.962 bits per heavy atom. The van der Waals surface area contributed by atoms with Gasteiger partial charge in [0.25, 0.3) is 0 Å². The van der Waals surface area contributed by atoms with Gasteiger partial charge in [-0.15, -0.1) is 0 Å². The maximum atomic E-state index is 5.04. The predicted molar refractivity (Wildman–Crippen MR) is 119 cm³/mol. The molecule has 0 amide bonds. The second-order valence-corrected chi connectivity index (χ2v) is 5.35. The summed E-state index contributed by atoms with van der Waals surface area (Å²) >= 11 is 0. The molecule has 0 saturated carbocycles. The average Bonchev–Trinajstić information content (AvgIpc) is 2.66. The third-order valence-corrected chi connectivity index (χ3v) is 2.63. The first kappa shape index (κ1) is 28.8. The molecule has 0 saturated heterocycles. The van der Waals surface area contributed by atoms with Crippen molar-refractivity contribution in [2.45, 2.75) is 68.2 Å². The molecule has 2 rings (SSSR count). The number of benzene rings is 2. The first-order valence-electron chi connectivity index (χ1n) is 9.71. The highest BCUT2D eigenvalue weighted by molar-refractivity contribution is 5.32. The SMILES string of the molecule is CC.CCC.CCC.COc1ccccc1C.COc1ccccc1C. The van der Waals surface area contributed by atoms with Crippen molar-refractivity contribution in [3.05, 3.63) is 59.7 Å². The molecule has 0 aromatic heterocycles. The van der Waals surface area contributed by atoms with Crippen LogP contribution in [0.5, 0.6) is 11.5 Å². The fourth-order valence-corrected chi connectivity index (χ4v) is 1.57. The zero-order chi connectivity index (χ0) is 20.8. The molecule has 0 aliphatic carbocycles. The Morgan fingerprint density at radius 2 is 0.808 bits per heavy atom. The van der Waals surface area contributed by atoms with Crippen LogP contribution in [0.15, 0.2) is 48.5 Å². The van der Waals surface area contributed by atoms with Gasteiger partial charge in [0.05, 0.1) is 14.2 Å². The predicted octanol–water partition coefficient (Wildman–Crippen LogP) is 7.87. The molecule has 0 atom stereocenters. The third kappa shape index (κ3) is 16.9. The molecule has 2 aromatic carbocycles. The first-order valence-corrected chi connectivity index (χ1v) is 9.71. The monoisotopic (exact) mass is 362 g/mol. The highest BCUT2D eigenvalue weighted by atomic mass is 16.5. The van der Waals surface area contributed by atoms with Gasteiger partial charge in [0.15, 0.2) is 0 Å². The van der Waals surface area contributed by atoms with Crippen molar-refractivity contribution in [1.82, 2.24) is 0 Å². The summed E-state index contributed by atoms with van der Waals surface area (Å²) in [5, 5.41) is 0. The lowest BCUT2D eigenvalue weighted by Gasteiger charge is -2.00. The molecule has 0 heterocycles. The lowest BCUT2D eigenvalue weighted by molar-refractivity contribution is 0.411. The van der Waals surface area contributed by atoms with Gasteiger partial charge in [-0.3, -0.25) is 0 Å². The van der Waals surface area contributed by atoms with Crippen LogP contribution in [0.3, 0.4) is 0 Å². The molecular weight excluding hydrogens is 320 g/mol. The van der Waals surface area contributed by atoms with E-state index in [1.54, 1.807) is 14.2 Å². The second kappa shape index (κ2) is 23.0. The molecule has 150 valence electrons. The van der Waals surface area contributed by atoms with E-state index in [0.717, 1.165) is 11.5 Å². The molecule has 2 aromatic rings. The third-order valence-electron chi connectivity index (χ3n) is 2.63. The Hall–Kier alpha value is -1.96. The minimum absolute atomic E-state index is 0.956. The molecule has 0 bridgehead atoms. The number of hydrogen-bond donors (Lipinski definition) is 0. The molecule has 0 aliphatic heterocycles. The number of rotatable bonds is 2. The molecular formula is C24H42O2. The highest BCUT2D eigenvalue weighted by Crippen LogP contribution is 2.15. The van der Waals surface area contributed by atoms with E-state index in [-0.39, 0.29) is 0 Å². The molecule has 0 spiro atoms. The van der Waals surface area contributed by atoms with E-state index in [4.69, 9.17) is 9.47 Å². The maximum Gasteiger partial charge on any atom is 0.121 e. The Morgan fingerprint density at radius 1 is 0.577 bits per heavy atom. The van der Waals surface area contributed by atoms with Crippen molar-refractivity contribution in [3.8, 4) is 11.5 Å². The summed E-state index contributed by atoms with van der Waals surface area (Å²) in [6.07, 6.45) is 2.50. The van der Waals surface area contributed by atoms with E-state index in [9.17, 15) is 0 Å². The van der Waals surface area contributed by atoms with Gasteiger partial charge in [0.2, 0.25) is 0 Å². The van der Waals surface area contributed by atoms with Gasteiger partial charge in [-0.1, -0.05) is 90.8 Å². The number of methoxy groups -OCH3 is 2. The van der Waals surface area contributed by atoms with E-state index in [1.165, 1.54) is 24.0 Å². The van der Waals surface area contributed by atoms with Gasteiger partial charge in [0.1, 0.15) is 11.5 Å². The summed E-state index contributed by atoms with van der Waals surface area (Å²) in [6, 6.07) is 15.9. The molecule has 0 radical (unpaired) electrons. The van der Waals surface area contributed by atoms with Crippen LogP contribution in [0, 0.1) is 13.8 Å². The molecule has 0 aliphatic rings. The van der Waals surface area contributed by atoms with Gasteiger partial charge in [-0.25, -0.2) is 0 Å². The Bertz CT molecular complexity index is 460. The van der Waals surface area contributed by atoms with Crippen molar-refractivity contribution >= 4 is 0 Å². The van der Waals surface area contributed by atoms with Crippen LogP contribution in [-0.2, 0) is 0 Å². The van der Waals surface area contributed by atoms with Crippen molar-refractivity contribution in [1.29, 1.82) is 0 Å². The number of hydrogen-bond acceptors (Lipinski definition) is 2. The molecule has 0 N–H and O–H groups in total. The summed E-state index contributed by atoms with van der Waals surface area (Å²) in [7, 11) is 3.37. The Balaban J connectivity index is -0.000000293.